The number of ether oxygens (including phenoxy) is 1. The maximum absolute atomic E-state index is 6.02. The number of hydrogen-bond donors (Lipinski definition) is 1. The van der Waals surface area contributed by atoms with Gasteiger partial charge < -0.3 is 10.5 Å². The first kappa shape index (κ1) is 14.9. The van der Waals surface area contributed by atoms with Crippen LogP contribution in [-0.2, 0) is 13.0 Å². The van der Waals surface area contributed by atoms with Gasteiger partial charge in [0.2, 0.25) is 5.88 Å². The fraction of sp³-hybridized carbons (Fsp3) is 0.400. The van der Waals surface area contributed by atoms with Crippen molar-refractivity contribution in [3.63, 3.8) is 0 Å². The van der Waals surface area contributed by atoms with E-state index in [2.05, 4.69) is 25.9 Å². The number of nitrogens with two attached hydrogens (primary N) is 1. The normalized spacial score (nSPS) is 11.1. The van der Waals surface area contributed by atoms with E-state index < -0.39 is 0 Å². The highest BCUT2D eigenvalue weighted by molar-refractivity contribution is 6.30. The first-order valence-corrected chi connectivity index (χ1v) is 7.18. The molecule has 4 nitrogen and oxygen atoms in total. The lowest BCUT2D eigenvalue weighted by Gasteiger charge is -2.13. The van der Waals surface area contributed by atoms with Crippen molar-refractivity contribution in [3.05, 3.63) is 40.5 Å². The average molecular weight is 294 g/mol. The van der Waals surface area contributed by atoms with E-state index in [1.165, 1.54) is 0 Å². The molecule has 0 radical (unpaired) electrons. The van der Waals surface area contributed by atoms with E-state index >= 15 is 0 Å². The molecule has 0 aliphatic rings. The topological polar surface area (TPSA) is 53.1 Å². The van der Waals surface area contributed by atoms with Crippen LogP contribution in [0.2, 0.25) is 5.02 Å². The highest BCUT2D eigenvalue weighted by atomic mass is 35.5. The fourth-order valence-electron chi connectivity index (χ4n) is 2.12. The molecule has 0 bridgehead atoms. The van der Waals surface area contributed by atoms with Gasteiger partial charge in [0.25, 0.3) is 0 Å². The van der Waals surface area contributed by atoms with Crippen LogP contribution >= 0.6 is 11.6 Å². The Labute approximate surface area is 124 Å². The van der Waals surface area contributed by atoms with Crippen LogP contribution in [0, 0.1) is 0 Å². The summed E-state index contributed by atoms with van der Waals surface area (Å²) in [6, 6.07) is 7.56. The standard InChI is InChI=1S/C15H20ClN3O/c1-4-13-14(9-17)18-19(10(2)3)15(13)20-12-7-5-6-11(16)8-12/h5-8,10H,4,9,17H2,1-3H3. The smallest absolute Gasteiger partial charge is 0.221 e. The quantitative estimate of drug-likeness (QED) is 0.908. The van der Waals surface area contributed by atoms with Gasteiger partial charge in [-0.1, -0.05) is 24.6 Å². The monoisotopic (exact) mass is 293 g/mol. The minimum atomic E-state index is 0.204. The molecule has 20 heavy (non-hydrogen) atoms. The zero-order chi connectivity index (χ0) is 14.7. The Bertz CT molecular complexity index is 593. The van der Waals surface area contributed by atoms with Crippen LogP contribution in [0.15, 0.2) is 24.3 Å². The van der Waals surface area contributed by atoms with Crippen LogP contribution in [-0.4, -0.2) is 9.78 Å². The van der Waals surface area contributed by atoms with Gasteiger partial charge in [-0.3, -0.25) is 0 Å². The second-order valence-electron chi connectivity index (χ2n) is 4.89. The summed E-state index contributed by atoms with van der Waals surface area (Å²) in [5.41, 5.74) is 7.72. The molecule has 2 N–H and O–H groups in total. The largest absolute Gasteiger partial charge is 0.439 e. The van der Waals surface area contributed by atoms with Gasteiger partial charge >= 0.3 is 0 Å². The Morgan fingerprint density at radius 2 is 2.15 bits per heavy atom. The molecule has 2 rings (SSSR count). The zero-order valence-electron chi connectivity index (χ0n) is 12.1. The zero-order valence-corrected chi connectivity index (χ0v) is 12.8. The summed E-state index contributed by atoms with van der Waals surface area (Å²) in [6.07, 6.45) is 0.829. The van der Waals surface area contributed by atoms with Crippen molar-refractivity contribution in [1.82, 2.24) is 9.78 Å². The van der Waals surface area contributed by atoms with E-state index in [4.69, 9.17) is 22.1 Å². The van der Waals surface area contributed by atoms with Crippen LogP contribution in [0.25, 0.3) is 0 Å². The minimum absolute atomic E-state index is 0.204. The van der Waals surface area contributed by atoms with Crippen molar-refractivity contribution in [2.45, 2.75) is 39.8 Å². The second kappa shape index (κ2) is 6.29. The van der Waals surface area contributed by atoms with Gasteiger partial charge in [-0.15, -0.1) is 0 Å². The molecule has 2 aromatic rings. The molecule has 0 aliphatic heterocycles. The van der Waals surface area contributed by atoms with Gasteiger partial charge in [-0.2, -0.15) is 5.10 Å². The van der Waals surface area contributed by atoms with Gasteiger partial charge in [0.05, 0.1) is 11.7 Å². The van der Waals surface area contributed by atoms with Crippen LogP contribution in [0.4, 0.5) is 0 Å². The summed E-state index contributed by atoms with van der Waals surface area (Å²) in [7, 11) is 0. The molecule has 108 valence electrons. The number of nitrogens with zero attached hydrogens (tertiary/aromatic N) is 2. The maximum atomic E-state index is 6.02. The highest BCUT2D eigenvalue weighted by Gasteiger charge is 2.19. The van der Waals surface area contributed by atoms with Crippen molar-refractivity contribution in [3.8, 4) is 11.6 Å². The van der Waals surface area contributed by atoms with Crippen LogP contribution in [0.5, 0.6) is 11.6 Å². The second-order valence-corrected chi connectivity index (χ2v) is 5.32. The van der Waals surface area contributed by atoms with E-state index in [9.17, 15) is 0 Å². The molecule has 0 amide bonds. The van der Waals surface area contributed by atoms with Gasteiger partial charge in [-0.25, -0.2) is 4.68 Å². The van der Waals surface area contributed by atoms with Crippen LogP contribution < -0.4 is 10.5 Å². The summed E-state index contributed by atoms with van der Waals surface area (Å²) < 4.78 is 7.89. The van der Waals surface area contributed by atoms with Gasteiger partial charge in [0.1, 0.15) is 5.75 Å². The fourth-order valence-corrected chi connectivity index (χ4v) is 2.30. The number of rotatable bonds is 5. The Kier molecular flexibility index (Phi) is 4.68. The van der Waals surface area contributed by atoms with Crippen LogP contribution in [0.3, 0.4) is 0 Å². The third-order valence-electron chi connectivity index (χ3n) is 3.09. The predicted octanol–water partition coefficient (Wildman–Crippen LogP) is 3.93. The summed E-state index contributed by atoms with van der Waals surface area (Å²) in [4.78, 5) is 0. The summed E-state index contributed by atoms with van der Waals surface area (Å²) in [5, 5.41) is 5.20. The summed E-state index contributed by atoms with van der Waals surface area (Å²) >= 11 is 6.00. The van der Waals surface area contributed by atoms with Gasteiger partial charge in [-0.05, 0) is 38.5 Å². The Morgan fingerprint density at radius 3 is 2.70 bits per heavy atom. The molecular formula is C15H20ClN3O. The van der Waals surface area contributed by atoms with Gasteiger partial charge in [0.15, 0.2) is 0 Å². The molecular weight excluding hydrogens is 274 g/mol. The first-order chi connectivity index (χ1) is 9.56. The molecule has 1 heterocycles. The molecule has 1 aromatic heterocycles. The minimum Gasteiger partial charge on any atom is -0.439 e. The Balaban J connectivity index is 2.45. The van der Waals surface area contributed by atoms with Crippen molar-refractivity contribution < 1.29 is 4.74 Å². The van der Waals surface area contributed by atoms with E-state index in [0.29, 0.717) is 17.3 Å². The molecule has 0 saturated heterocycles. The van der Waals surface area contributed by atoms with E-state index in [-0.39, 0.29) is 6.04 Å². The van der Waals surface area contributed by atoms with Crippen molar-refractivity contribution in [1.29, 1.82) is 0 Å². The molecule has 0 spiro atoms. The number of benzene rings is 1. The molecule has 5 heteroatoms. The van der Waals surface area contributed by atoms with Crippen LogP contribution in [0.1, 0.15) is 38.1 Å². The molecule has 0 fully saturated rings. The lowest BCUT2D eigenvalue weighted by atomic mass is 10.2. The summed E-state index contributed by atoms with van der Waals surface area (Å²) in [6.45, 7) is 6.62. The molecule has 0 atom stereocenters. The Hall–Kier alpha value is -1.52. The third kappa shape index (κ3) is 2.97. The lowest BCUT2D eigenvalue weighted by molar-refractivity contribution is 0.385. The lowest BCUT2D eigenvalue weighted by Crippen LogP contribution is -2.06. The van der Waals surface area contributed by atoms with E-state index in [1.807, 2.05) is 22.9 Å². The van der Waals surface area contributed by atoms with Crippen molar-refractivity contribution in [2.75, 3.05) is 0 Å². The van der Waals surface area contributed by atoms with Crippen molar-refractivity contribution in [2.24, 2.45) is 5.73 Å². The third-order valence-corrected chi connectivity index (χ3v) is 3.32. The number of halogens is 1. The number of aromatic nitrogens is 2. The van der Waals surface area contributed by atoms with Crippen molar-refractivity contribution >= 4 is 11.6 Å². The highest BCUT2D eigenvalue weighted by Crippen LogP contribution is 2.31. The average Bonchev–Trinajstić information content (AvgIpc) is 2.76. The summed E-state index contributed by atoms with van der Waals surface area (Å²) in [5.74, 6) is 1.46. The van der Waals surface area contributed by atoms with E-state index in [0.717, 1.165) is 23.6 Å². The molecule has 0 unspecified atom stereocenters. The SMILES string of the molecule is CCc1c(CN)nn(C(C)C)c1Oc1cccc(Cl)c1. The predicted molar refractivity (Wildman–Crippen MR) is 81.4 cm³/mol. The maximum Gasteiger partial charge on any atom is 0.221 e. The van der Waals surface area contributed by atoms with E-state index in [1.54, 1.807) is 6.07 Å². The first-order valence-electron chi connectivity index (χ1n) is 6.80. The van der Waals surface area contributed by atoms with Gasteiger partial charge in [0, 0.05) is 17.1 Å². The number of hydrogen-bond acceptors (Lipinski definition) is 3. The molecule has 0 saturated carbocycles. The Morgan fingerprint density at radius 1 is 1.40 bits per heavy atom. The molecule has 1 aromatic carbocycles. The molecule has 0 aliphatic carbocycles.